The monoisotopic (exact) mass is 354 g/mol. The molecule has 1 aliphatic heterocycles. The van der Waals surface area contributed by atoms with E-state index in [0.29, 0.717) is 18.6 Å². The SMILES string of the molecule is COC(=O)Cn1c(=O)oc2cc(S(=O)(=O)N3CCCCC3)ccc21. The number of methoxy groups -OCH3 is 1. The van der Waals surface area contributed by atoms with Crippen molar-refractivity contribution in [1.29, 1.82) is 0 Å². The molecule has 1 fully saturated rings. The third-order valence-corrected chi connectivity index (χ3v) is 6.00. The van der Waals surface area contributed by atoms with E-state index in [2.05, 4.69) is 4.74 Å². The molecule has 0 atom stereocenters. The standard InChI is InChI=1S/C15H18N2O6S/c1-22-14(18)10-17-12-6-5-11(9-13(12)23-15(17)19)24(20,21)16-7-3-2-4-8-16/h5-6,9H,2-4,7-8,10H2,1H3. The normalized spacial score (nSPS) is 16.4. The number of benzene rings is 1. The van der Waals surface area contributed by atoms with Gasteiger partial charge in [0.15, 0.2) is 5.58 Å². The molecule has 0 saturated carbocycles. The van der Waals surface area contributed by atoms with Gasteiger partial charge in [-0.3, -0.25) is 9.36 Å². The van der Waals surface area contributed by atoms with E-state index < -0.39 is 21.7 Å². The van der Waals surface area contributed by atoms with Crippen molar-refractivity contribution in [3.05, 3.63) is 28.7 Å². The molecule has 0 bridgehead atoms. The molecule has 1 aliphatic rings. The predicted octanol–water partition coefficient (Wildman–Crippen LogP) is 0.942. The van der Waals surface area contributed by atoms with Crippen LogP contribution in [0.5, 0.6) is 0 Å². The van der Waals surface area contributed by atoms with Gasteiger partial charge in [0.25, 0.3) is 0 Å². The number of sulfonamides is 1. The number of fused-ring (bicyclic) bond motifs is 1. The highest BCUT2D eigenvalue weighted by atomic mass is 32.2. The molecule has 1 aromatic heterocycles. The van der Waals surface area contributed by atoms with Gasteiger partial charge in [-0.15, -0.1) is 0 Å². The highest BCUT2D eigenvalue weighted by Gasteiger charge is 2.27. The van der Waals surface area contributed by atoms with Crippen LogP contribution < -0.4 is 5.76 Å². The Morgan fingerprint density at radius 1 is 1.25 bits per heavy atom. The van der Waals surface area contributed by atoms with Crippen LogP contribution in [0.2, 0.25) is 0 Å². The van der Waals surface area contributed by atoms with Gasteiger partial charge in [-0.25, -0.2) is 13.2 Å². The quantitative estimate of drug-likeness (QED) is 0.758. The zero-order chi connectivity index (χ0) is 17.3. The third-order valence-electron chi connectivity index (χ3n) is 4.11. The van der Waals surface area contributed by atoms with E-state index in [1.807, 2.05) is 0 Å². The van der Waals surface area contributed by atoms with Crippen molar-refractivity contribution in [3.8, 4) is 0 Å². The summed E-state index contributed by atoms with van der Waals surface area (Å²) in [6, 6.07) is 4.23. The molecule has 9 heteroatoms. The average molecular weight is 354 g/mol. The second-order valence-corrected chi connectivity index (χ2v) is 7.56. The number of piperidine rings is 1. The Bertz CT molecular complexity index is 921. The fourth-order valence-electron chi connectivity index (χ4n) is 2.80. The smallest absolute Gasteiger partial charge is 0.420 e. The first-order chi connectivity index (χ1) is 11.4. The fourth-order valence-corrected chi connectivity index (χ4v) is 4.34. The molecular weight excluding hydrogens is 336 g/mol. The summed E-state index contributed by atoms with van der Waals surface area (Å²) in [5.74, 6) is -1.33. The number of hydrogen-bond acceptors (Lipinski definition) is 6. The Balaban J connectivity index is 2.00. The van der Waals surface area contributed by atoms with Gasteiger partial charge < -0.3 is 9.15 Å². The van der Waals surface area contributed by atoms with Crippen molar-refractivity contribution in [2.24, 2.45) is 0 Å². The van der Waals surface area contributed by atoms with Crippen molar-refractivity contribution >= 4 is 27.1 Å². The van der Waals surface area contributed by atoms with Gasteiger partial charge >= 0.3 is 11.7 Å². The largest absolute Gasteiger partial charge is 0.468 e. The highest BCUT2D eigenvalue weighted by molar-refractivity contribution is 7.89. The van der Waals surface area contributed by atoms with Crippen LogP contribution in [0.1, 0.15) is 19.3 Å². The summed E-state index contributed by atoms with van der Waals surface area (Å²) < 4.78 is 37.5. The fraction of sp³-hybridized carbons (Fsp3) is 0.467. The molecule has 0 spiro atoms. The average Bonchev–Trinajstić information content (AvgIpc) is 2.90. The Hall–Kier alpha value is -2.13. The Morgan fingerprint density at radius 3 is 2.62 bits per heavy atom. The first-order valence-corrected chi connectivity index (χ1v) is 9.08. The lowest BCUT2D eigenvalue weighted by molar-refractivity contribution is -0.141. The first-order valence-electron chi connectivity index (χ1n) is 7.64. The van der Waals surface area contributed by atoms with Gasteiger partial charge in [-0.05, 0) is 25.0 Å². The van der Waals surface area contributed by atoms with Crippen LogP contribution in [-0.2, 0) is 26.1 Å². The second-order valence-electron chi connectivity index (χ2n) is 5.62. The summed E-state index contributed by atoms with van der Waals surface area (Å²) in [6.07, 6.45) is 2.70. The van der Waals surface area contributed by atoms with Crippen LogP contribution in [0.25, 0.3) is 11.1 Å². The van der Waals surface area contributed by atoms with Crippen molar-refractivity contribution < 1.29 is 22.4 Å². The molecule has 0 unspecified atom stereocenters. The van der Waals surface area contributed by atoms with Crippen LogP contribution in [0, 0.1) is 0 Å². The summed E-state index contributed by atoms with van der Waals surface area (Å²) in [4.78, 5) is 23.3. The van der Waals surface area contributed by atoms with Crippen LogP contribution in [0.3, 0.4) is 0 Å². The number of carbonyl (C=O) groups excluding carboxylic acids is 1. The van der Waals surface area contributed by atoms with Gasteiger partial charge in [0.05, 0.1) is 17.5 Å². The number of hydrogen-bond donors (Lipinski definition) is 0. The van der Waals surface area contributed by atoms with Gasteiger partial charge in [-0.1, -0.05) is 6.42 Å². The van der Waals surface area contributed by atoms with E-state index in [-0.39, 0.29) is 17.0 Å². The minimum Gasteiger partial charge on any atom is -0.468 e. The number of rotatable bonds is 4. The minimum absolute atomic E-state index is 0.0795. The van der Waals surface area contributed by atoms with E-state index in [1.54, 1.807) is 0 Å². The molecule has 24 heavy (non-hydrogen) atoms. The van der Waals surface area contributed by atoms with Crippen molar-refractivity contribution in [1.82, 2.24) is 8.87 Å². The molecule has 130 valence electrons. The van der Waals surface area contributed by atoms with E-state index in [0.717, 1.165) is 23.8 Å². The molecule has 3 rings (SSSR count). The topological polar surface area (TPSA) is 98.8 Å². The molecule has 0 radical (unpaired) electrons. The van der Waals surface area contributed by atoms with Gasteiger partial charge in [0.2, 0.25) is 10.0 Å². The van der Waals surface area contributed by atoms with Gasteiger partial charge in [0.1, 0.15) is 6.54 Å². The lowest BCUT2D eigenvalue weighted by Gasteiger charge is -2.25. The molecule has 1 aromatic carbocycles. The van der Waals surface area contributed by atoms with E-state index >= 15 is 0 Å². The number of nitrogens with zero attached hydrogens (tertiary/aromatic N) is 2. The summed E-state index contributed by atoms with van der Waals surface area (Å²) in [7, 11) is -2.39. The third kappa shape index (κ3) is 2.96. The lowest BCUT2D eigenvalue weighted by Crippen LogP contribution is -2.35. The number of oxazole rings is 1. The summed E-state index contributed by atoms with van der Waals surface area (Å²) in [5, 5.41) is 0. The van der Waals surface area contributed by atoms with Crippen molar-refractivity contribution in [2.45, 2.75) is 30.7 Å². The highest BCUT2D eigenvalue weighted by Crippen LogP contribution is 2.24. The molecule has 2 heterocycles. The van der Waals surface area contributed by atoms with Crippen LogP contribution in [-0.4, -0.2) is 43.5 Å². The number of aromatic nitrogens is 1. The molecule has 8 nitrogen and oxygen atoms in total. The van der Waals surface area contributed by atoms with E-state index in [9.17, 15) is 18.0 Å². The number of esters is 1. The zero-order valence-corrected chi connectivity index (χ0v) is 14.0. The maximum absolute atomic E-state index is 12.7. The molecular formula is C15H18N2O6S. The summed E-state index contributed by atoms with van der Waals surface area (Å²) in [5.41, 5.74) is 0.477. The Kier molecular flexibility index (Phi) is 4.46. The maximum Gasteiger partial charge on any atom is 0.420 e. The van der Waals surface area contributed by atoms with Crippen LogP contribution >= 0.6 is 0 Å². The number of ether oxygens (including phenoxy) is 1. The van der Waals surface area contributed by atoms with Crippen molar-refractivity contribution in [3.63, 3.8) is 0 Å². The van der Waals surface area contributed by atoms with E-state index in [4.69, 9.17) is 4.42 Å². The summed E-state index contributed by atoms with van der Waals surface area (Å²) in [6.45, 7) is 0.696. The first kappa shape index (κ1) is 16.7. The molecule has 0 aliphatic carbocycles. The Morgan fingerprint density at radius 2 is 1.96 bits per heavy atom. The predicted molar refractivity (Wildman–Crippen MR) is 85.1 cm³/mol. The minimum atomic E-state index is -3.61. The summed E-state index contributed by atoms with van der Waals surface area (Å²) >= 11 is 0. The van der Waals surface area contributed by atoms with Gasteiger partial charge in [0, 0.05) is 19.2 Å². The van der Waals surface area contributed by atoms with E-state index in [1.165, 1.54) is 29.6 Å². The van der Waals surface area contributed by atoms with Crippen LogP contribution in [0.15, 0.2) is 32.3 Å². The molecule has 0 amide bonds. The maximum atomic E-state index is 12.7. The molecule has 1 saturated heterocycles. The van der Waals surface area contributed by atoms with Gasteiger partial charge in [-0.2, -0.15) is 4.31 Å². The lowest BCUT2D eigenvalue weighted by atomic mass is 10.2. The zero-order valence-electron chi connectivity index (χ0n) is 13.2. The number of carbonyl (C=O) groups is 1. The van der Waals surface area contributed by atoms with Crippen LogP contribution in [0.4, 0.5) is 0 Å². The second kappa shape index (κ2) is 6.40. The Labute approximate surface area is 138 Å². The molecule has 2 aromatic rings. The van der Waals surface area contributed by atoms with Crippen molar-refractivity contribution in [2.75, 3.05) is 20.2 Å². The molecule has 0 N–H and O–H groups in total.